The second-order valence-corrected chi connectivity index (χ2v) is 5.13. The van der Waals surface area contributed by atoms with Gasteiger partial charge in [-0.05, 0) is 30.3 Å². The van der Waals surface area contributed by atoms with Gasteiger partial charge in [0, 0.05) is 37.9 Å². The molecule has 0 aliphatic carbocycles. The highest BCUT2D eigenvalue weighted by Gasteiger charge is 2.18. The standard InChI is InChI=1S/C16H17N5.2H2O/c17-11-13-1-3-14(4-2-13)20-7-9-21(10-8-20)15-5-6-16(18)19-12-15;;/h1-6,12H,7-10H2,(H2,18,19);2*1H2. The van der Waals surface area contributed by atoms with Crippen LogP contribution in [0.1, 0.15) is 5.56 Å². The molecule has 3 rings (SSSR count). The minimum Gasteiger partial charge on any atom is -0.870 e. The van der Waals surface area contributed by atoms with Gasteiger partial charge in [0.25, 0.3) is 5.82 Å². The van der Waals surface area contributed by atoms with Crippen molar-refractivity contribution in [3.63, 3.8) is 0 Å². The number of hydrogen-bond acceptors (Lipinski definition) is 5. The molecule has 7 nitrogen and oxygen atoms in total. The monoisotopic (exact) mass is 315 g/mol. The summed E-state index contributed by atoms with van der Waals surface area (Å²) >= 11 is 0. The van der Waals surface area contributed by atoms with Gasteiger partial charge in [0.1, 0.15) is 6.20 Å². The summed E-state index contributed by atoms with van der Waals surface area (Å²) in [7, 11) is 0. The van der Waals surface area contributed by atoms with Gasteiger partial charge in [0.15, 0.2) is 0 Å². The minimum atomic E-state index is 0. The number of aromatic nitrogens is 1. The molecule has 0 bridgehead atoms. The van der Waals surface area contributed by atoms with E-state index in [0.717, 1.165) is 26.2 Å². The Bertz CT molecular complexity index is 644. The van der Waals surface area contributed by atoms with Crippen molar-refractivity contribution in [3.8, 4) is 6.07 Å². The maximum absolute atomic E-state index is 8.84. The molecular formula is C16H21N5O2. The molecule has 0 atom stereocenters. The Morgan fingerprint density at radius 1 is 0.913 bits per heavy atom. The van der Waals surface area contributed by atoms with Crippen molar-refractivity contribution < 1.29 is 15.9 Å². The van der Waals surface area contributed by atoms with Crippen LogP contribution < -0.4 is 20.5 Å². The first-order chi connectivity index (χ1) is 10.3. The summed E-state index contributed by atoms with van der Waals surface area (Å²) in [6.45, 7) is 3.88. The number of hydrogen-bond donors (Lipinski definition) is 1. The summed E-state index contributed by atoms with van der Waals surface area (Å²) < 4.78 is 0. The third-order valence-corrected chi connectivity index (χ3v) is 3.83. The number of pyridine rings is 1. The number of benzene rings is 1. The fourth-order valence-electron chi connectivity index (χ4n) is 2.59. The fraction of sp³-hybridized carbons (Fsp3) is 0.250. The first-order valence-electron chi connectivity index (χ1n) is 7.03. The zero-order valence-electron chi connectivity index (χ0n) is 12.7. The van der Waals surface area contributed by atoms with Crippen LogP contribution in [0.3, 0.4) is 0 Å². The van der Waals surface area contributed by atoms with Crippen molar-refractivity contribution in [2.75, 3.05) is 41.7 Å². The molecule has 1 fully saturated rings. The number of nitrogens with one attached hydrogen (secondary N) is 1. The molecule has 0 radical (unpaired) electrons. The third-order valence-electron chi connectivity index (χ3n) is 3.83. The van der Waals surface area contributed by atoms with E-state index in [9.17, 15) is 0 Å². The Kier molecular flexibility index (Phi) is 6.33. The number of H-pyrrole nitrogens is 1. The van der Waals surface area contributed by atoms with Crippen LogP contribution in [-0.4, -0.2) is 37.1 Å². The molecule has 0 unspecified atom stereocenters. The lowest BCUT2D eigenvalue weighted by atomic mass is 10.2. The van der Waals surface area contributed by atoms with Gasteiger partial charge in [0.2, 0.25) is 0 Å². The summed E-state index contributed by atoms with van der Waals surface area (Å²) in [4.78, 5) is 7.73. The number of nitrogen functional groups attached to an aromatic ring is 1. The van der Waals surface area contributed by atoms with Crippen molar-refractivity contribution in [1.82, 2.24) is 0 Å². The lowest BCUT2D eigenvalue weighted by Gasteiger charge is -2.37. The highest BCUT2D eigenvalue weighted by molar-refractivity contribution is 5.52. The van der Waals surface area contributed by atoms with Gasteiger partial charge < -0.3 is 20.8 Å². The van der Waals surface area contributed by atoms with Gasteiger partial charge >= 0.3 is 0 Å². The molecule has 0 spiro atoms. The van der Waals surface area contributed by atoms with Gasteiger partial charge in [-0.1, -0.05) is 0 Å². The molecule has 0 saturated carbocycles. The molecule has 23 heavy (non-hydrogen) atoms. The number of rotatable bonds is 2. The van der Waals surface area contributed by atoms with Crippen molar-refractivity contribution in [3.05, 3.63) is 48.2 Å². The van der Waals surface area contributed by atoms with E-state index in [-0.39, 0.29) is 11.0 Å². The molecule has 1 aliphatic heterocycles. The number of anilines is 3. The number of aromatic amines is 1. The Labute approximate surface area is 135 Å². The van der Waals surface area contributed by atoms with Crippen molar-refractivity contribution in [2.45, 2.75) is 0 Å². The van der Waals surface area contributed by atoms with E-state index in [1.54, 1.807) is 0 Å². The Balaban J connectivity index is 0.00000132. The number of nitrogens with zero attached hydrogens (tertiary/aromatic N) is 3. The Morgan fingerprint density at radius 3 is 1.91 bits per heavy atom. The smallest absolute Gasteiger partial charge is 0.270 e. The highest BCUT2D eigenvalue weighted by atomic mass is 16.0. The van der Waals surface area contributed by atoms with E-state index in [1.807, 2.05) is 42.6 Å². The SMILES string of the molecule is N#Cc1ccc(N2CCN(c3ccc(N)[nH+]c3)CC2)cc1.O.[OH-]. The largest absolute Gasteiger partial charge is 0.870 e. The van der Waals surface area contributed by atoms with E-state index in [4.69, 9.17) is 11.0 Å². The van der Waals surface area contributed by atoms with E-state index in [1.165, 1.54) is 11.4 Å². The molecule has 7 heteroatoms. The zero-order valence-corrected chi connectivity index (χ0v) is 12.7. The van der Waals surface area contributed by atoms with E-state index >= 15 is 0 Å². The lowest BCUT2D eigenvalue weighted by molar-refractivity contribution is -0.359. The molecule has 1 aromatic carbocycles. The van der Waals surface area contributed by atoms with Crippen LogP contribution in [0.5, 0.6) is 0 Å². The van der Waals surface area contributed by atoms with Gasteiger partial charge in [-0.15, -0.1) is 0 Å². The van der Waals surface area contributed by atoms with Crippen LogP contribution in [-0.2, 0) is 0 Å². The number of nitrogens with two attached hydrogens (primary N) is 1. The Hall–Kier alpha value is -2.82. The lowest BCUT2D eigenvalue weighted by Crippen LogP contribution is -2.46. The average molecular weight is 315 g/mol. The summed E-state index contributed by atoms with van der Waals surface area (Å²) in [5.41, 5.74) is 8.72. The van der Waals surface area contributed by atoms with Crippen molar-refractivity contribution in [2.24, 2.45) is 0 Å². The average Bonchev–Trinajstić information content (AvgIpc) is 2.56. The van der Waals surface area contributed by atoms with E-state index in [0.29, 0.717) is 11.4 Å². The quantitative estimate of drug-likeness (QED) is 0.850. The maximum Gasteiger partial charge on any atom is 0.270 e. The van der Waals surface area contributed by atoms with Crippen LogP contribution in [0.25, 0.3) is 0 Å². The summed E-state index contributed by atoms with van der Waals surface area (Å²) in [5, 5.41) is 8.84. The van der Waals surface area contributed by atoms with Gasteiger partial charge in [-0.2, -0.15) is 5.26 Å². The van der Waals surface area contributed by atoms with E-state index < -0.39 is 0 Å². The van der Waals surface area contributed by atoms with Crippen LogP contribution in [0.2, 0.25) is 0 Å². The van der Waals surface area contributed by atoms with Crippen LogP contribution in [0, 0.1) is 11.3 Å². The third kappa shape index (κ3) is 4.10. The van der Waals surface area contributed by atoms with Crippen LogP contribution in [0.4, 0.5) is 17.2 Å². The number of piperazine rings is 1. The molecule has 6 N–H and O–H groups in total. The van der Waals surface area contributed by atoms with Gasteiger partial charge in [-0.3, -0.25) is 5.73 Å². The van der Waals surface area contributed by atoms with Gasteiger partial charge in [-0.25, -0.2) is 4.98 Å². The van der Waals surface area contributed by atoms with Crippen LogP contribution in [0.15, 0.2) is 42.6 Å². The minimum absolute atomic E-state index is 0. The molecule has 1 aromatic heterocycles. The molecule has 1 aliphatic rings. The molecule has 2 heterocycles. The summed E-state index contributed by atoms with van der Waals surface area (Å²) in [5.74, 6) is 0.676. The summed E-state index contributed by atoms with van der Waals surface area (Å²) in [6.07, 6.45) is 1.95. The van der Waals surface area contributed by atoms with Gasteiger partial charge in [0.05, 0.1) is 17.3 Å². The second kappa shape index (κ2) is 7.98. The summed E-state index contributed by atoms with van der Waals surface area (Å²) in [6, 6.07) is 13.9. The molecule has 0 amide bonds. The van der Waals surface area contributed by atoms with Crippen LogP contribution >= 0.6 is 0 Å². The predicted octanol–water partition coefficient (Wildman–Crippen LogP) is 0.280. The van der Waals surface area contributed by atoms with Crippen molar-refractivity contribution >= 4 is 17.2 Å². The fourth-order valence-corrected chi connectivity index (χ4v) is 2.59. The normalized spacial score (nSPS) is 13.5. The zero-order chi connectivity index (χ0) is 14.7. The first-order valence-corrected chi connectivity index (χ1v) is 7.03. The highest BCUT2D eigenvalue weighted by Crippen LogP contribution is 2.20. The second-order valence-electron chi connectivity index (χ2n) is 5.13. The molecule has 1 saturated heterocycles. The molecular weight excluding hydrogens is 294 g/mol. The van der Waals surface area contributed by atoms with E-state index in [2.05, 4.69) is 20.9 Å². The molecule has 2 aromatic rings. The first kappa shape index (κ1) is 18.2. The maximum atomic E-state index is 8.84. The predicted molar refractivity (Wildman–Crippen MR) is 88.5 cm³/mol. The topological polar surface area (TPSA) is 132 Å². The molecule has 122 valence electrons. The Morgan fingerprint density at radius 2 is 1.43 bits per heavy atom. The number of nitriles is 1. The van der Waals surface area contributed by atoms with Crippen molar-refractivity contribution in [1.29, 1.82) is 5.26 Å².